The Morgan fingerprint density at radius 3 is 2.62 bits per heavy atom. The van der Waals surface area contributed by atoms with E-state index in [1.165, 1.54) is 5.69 Å². The largest absolute Gasteiger partial charge is 0.353 e. The summed E-state index contributed by atoms with van der Waals surface area (Å²) in [6.45, 7) is 11.3. The highest BCUT2D eigenvalue weighted by Gasteiger charge is 2.12. The summed E-state index contributed by atoms with van der Waals surface area (Å²) in [5.74, 6) is 0.856. The molecule has 0 N–H and O–H groups in total. The van der Waals surface area contributed by atoms with Gasteiger partial charge in [-0.05, 0) is 31.5 Å². The van der Waals surface area contributed by atoms with E-state index in [9.17, 15) is 0 Å². The molecule has 0 saturated carbocycles. The summed E-state index contributed by atoms with van der Waals surface area (Å²) in [7, 11) is 2.03. The fraction of sp³-hybridized carbons (Fsp3) is 0.176. The number of hydrogen-bond donors (Lipinski definition) is 0. The zero-order valence-electron chi connectivity index (χ0n) is 12.3. The smallest absolute Gasteiger partial charge is 0.190 e. The molecule has 0 aliphatic rings. The number of aromatic nitrogens is 3. The first kappa shape index (κ1) is 13.2. The van der Waals surface area contributed by atoms with E-state index >= 15 is 0 Å². The molecule has 104 valence electrons. The molecule has 0 bridgehead atoms. The summed E-state index contributed by atoms with van der Waals surface area (Å²) in [4.78, 5) is 8.04. The highest BCUT2D eigenvalue weighted by molar-refractivity contribution is 5.67. The van der Waals surface area contributed by atoms with Crippen LogP contribution < -0.4 is 0 Å². The second-order valence-electron chi connectivity index (χ2n) is 5.13. The van der Waals surface area contributed by atoms with Gasteiger partial charge < -0.3 is 4.57 Å². The lowest BCUT2D eigenvalue weighted by molar-refractivity contribution is 0.871. The van der Waals surface area contributed by atoms with Crippen molar-refractivity contribution in [3.63, 3.8) is 0 Å². The van der Waals surface area contributed by atoms with Gasteiger partial charge in [0.05, 0.1) is 12.3 Å². The number of benzene rings is 1. The lowest BCUT2D eigenvalue weighted by Gasteiger charge is -2.09. The maximum Gasteiger partial charge on any atom is 0.190 e. The molecule has 4 heteroatoms. The third kappa shape index (κ3) is 2.13. The predicted octanol–water partition coefficient (Wildman–Crippen LogP) is 4.05. The lowest BCUT2D eigenvalue weighted by Crippen LogP contribution is -1.99. The lowest BCUT2D eigenvalue weighted by atomic mass is 10.1. The van der Waals surface area contributed by atoms with Crippen LogP contribution in [0.3, 0.4) is 0 Å². The molecule has 4 nitrogen and oxygen atoms in total. The standard InChI is InChI=1S/C17H16N4/c1-12-5-6-14(11-15(12)18-3)17-19-8-10-21(17)16-7-9-20(4)13(16)2/h5-11H,1-2,4H3. The molecule has 0 radical (unpaired) electrons. The molecular formula is C17H16N4. The molecule has 0 aliphatic heterocycles. The second kappa shape index (κ2) is 4.95. The summed E-state index contributed by atoms with van der Waals surface area (Å²) in [6.07, 6.45) is 5.78. The Hall–Kier alpha value is -2.80. The maximum atomic E-state index is 7.26. The van der Waals surface area contributed by atoms with Crippen molar-refractivity contribution in [1.82, 2.24) is 14.1 Å². The van der Waals surface area contributed by atoms with Crippen LogP contribution in [0, 0.1) is 20.4 Å². The van der Waals surface area contributed by atoms with Crippen LogP contribution in [-0.4, -0.2) is 14.1 Å². The van der Waals surface area contributed by atoms with Gasteiger partial charge in [0.25, 0.3) is 0 Å². The molecule has 3 aromatic rings. The highest BCUT2D eigenvalue weighted by Crippen LogP contribution is 2.28. The van der Waals surface area contributed by atoms with Crippen LogP contribution in [0.2, 0.25) is 0 Å². The van der Waals surface area contributed by atoms with E-state index in [0.717, 1.165) is 22.6 Å². The molecule has 2 heterocycles. The fourth-order valence-corrected chi connectivity index (χ4v) is 2.43. The minimum Gasteiger partial charge on any atom is -0.353 e. The average molecular weight is 276 g/mol. The molecule has 0 unspecified atom stereocenters. The molecule has 0 amide bonds. The summed E-state index contributed by atoms with van der Waals surface area (Å²) in [5, 5.41) is 0. The van der Waals surface area contributed by atoms with Gasteiger partial charge in [-0.15, -0.1) is 0 Å². The van der Waals surface area contributed by atoms with Gasteiger partial charge in [-0.25, -0.2) is 9.83 Å². The normalized spacial score (nSPS) is 10.6. The molecule has 0 saturated heterocycles. The van der Waals surface area contributed by atoms with Gasteiger partial charge in [0.1, 0.15) is 5.82 Å². The first-order chi connectivity index (χ1) is 10.1. The SMILES string of the molecule is [C-]#[N+]c1cc(-c2nccn2-c2ccn(C)c2C)ccc1C. The van der Waals surface area contributed by atoms with Crippen molar-refractivity contribution in [2.45, 2.75) is 13.8 Å². The second-order valence-corrected chi connectivity index (χ2v) is 5.13. The van der Waals surface area contributed by atoms with E-state index in [1.807, 2.05) is 44.6 Å². The van der Waals surface area contributed by atoms with Crippen LogP contribution in [0.15, 0.2) is 42.9 Å². The van der Waals surface area contributed by atoms with Gasteiger partial charge in [-0.2, -0.15) is 0 Å². The fourth-order valence-electron chi connectivity index (χ4n) is 2.43. The molecular weight excluding hydrogens is 260 g/mol. The van der Waals surface area contributed by atoms with E-state index in [2.05, 4.69) is 32.0 Å². The molecule has 2 aromatic heterocycles. The Morgan fingerprint density at radius 2 is 1.95 bits per heavy atom. The van der Waals surface area contributed by atoms with E-state index < -0.39 is 0 Å². The number of hydrogen-bond acceptors (Lipinski definition) is 1. The monoisotopic (exact) mass is 276 g/mol. The third-order valence-corrected chi connectivity index (χ3v) is 3.84. The number of imidazole rings is 1. The zero-order chi connectivity index (χ0) is 15.0. The zero-order valence-corrected chi connectivity index (χ0v) is 12.3. The van der Waals surface area contributed by atoms with E-state index in [1.54, 1.807) is 6.20 Å². The van der Waals surface area contributed by atoms with E-state index in [-0.39, 0.29) is 0 Å². The highest BCUT2D eigenvalue weighted by atomic mass is 15.1. The van der Waals surface area contributed by atoms with Gasteiger partial charge >= 0.3 is 0 Å². The molecule has 21 heavy (non-hydrogen) atoms. The summed E-state index contributed by atoms with van der Waals surface area (Å²) >= 11 is 0. The minimum atomic E-state index is 0.673. The van der Waals surface area contributed by atoms with Crippen LogP contribution in [0.1, 0.15) is 11.3 Å². The summed E-state index contributed by atoms with van der Waals surface area (Å²) in [5.41, 5.74) is 4.90. The Labute approximate surface area is 124 Å². The van der Waals surface area contributed by atoms with Crippen LogP contribution in [0.4, 0.5) is 5.69 Å². The van der Waals surface area contributed by atoms with Crippen molar-refractivity contribution in [2.24, 2.45) is 7.05 Å². The number of nitrogens with zero attached hydrogens (tertiary/aromatic N) is 4. The molecule has 0 fully saturated rings. The van der Waals surface area contributed by atoms with Crippen LogP contribution in [0.5, 0.6) is 0 Å². The topological polar surface area (TPSA) is 27.1 Å². The third-order valence-electron chi connectivity index (χ3n) is 3.84. The number of rotatable bonds is 2. The molecule has 1 aromatic carbocycles. The van der Waals surface area contributed by atoms with Crippen molar-refractivity contribution in [3.05, 3.63) is 65.5 Å². The summed E-state index contributed by atoms with van der Waals surface area (Å²) in [6, 6.07) is 7.96. The molecule has 0 atom stereocenters. The van der Waals surface area contributed by atoms with Crippen molar-refractivity contribution in [1.29, 1.82) is 0 Å². The van der Waals surface area contributed by atoms with Crippen molar-refractivity contribution >= 4 is 5.69 Å². The Bertz CT molecular complexity index is 846. The van der Waals surface area contributed by atoms with Crippen LogP contribution in [0.25, 0.3) is 21.9 Å². The van der Waals surface area contributed by atoms with Crippen molar-refractivity contribution in [3.8, 4) is 17.1 Å². The van der Waals surface area contributed by atoms with Crippen molar-refractivity contribution in [2.75, 3.05) is 0 Å². The summed E-state index contributed by atoms with van der Waals surface area (Å²) < 4.78 is 4.15. The molecule has 0 spiro atoms. The maximum absolute atomic E-state index is 7.26. The number of aryl methyl sites for hydroxylation is 2. The molecule has 0 aliphatic carbocycles. The van der Waals surface area contributed by atoms with Gasteiger partial charge in [0, 0.05) is 36.9 Å². The van der Waals surface area contributed by atoms with Gasteiger partial charge in [0.15, 0.2) is 5.69 Å². The van der Waals surface area contributed by atoms with Crippen LogP contribution in [-0.2, 0) is 7.05 Å². The minimum absolute atomic E-state index is 0.673. The van der Waals surface area contributed by atoms with Gasteiger partial charge in [0.2, 0.25) is 0 Å². The Kier molecular flexibility index (Phi) is 3.11. The van der Waals surface area contributed by atoms with E-state index in [0.29, 0.717) is 5.69 Å². The van der Waals surface area contributed by atoms with Crippen molar-refractivity contribution < 1.29 is 0 Å². The average Bonchev–Trinajstić information content (AvgIpc) is 3.08. The first-order valence-electron chi connectivity index (χ1n) is 6.76. The van der Waals surface area contributed by atoms with Crippen LogP contribution >= 0.6 is 0 Å². The Morgan fingerprint density at radius 1 is 1.14 bits per heavy atom. The predicted molar refractivity (Wildman–Crippen MR) is 83.7 cm³/mol. The van der Waals surface area contributed by atoms with E-state index in [4.69, 9.17) is 6.57 Å². The quantitative estimate of drug-likeness (QED) is 0.649. The Balaban J connectivity index is 2.16. The van der Waals surface area contributed by atoms with Gasteiger partial charge in [-0.3, -0.25) is 4.57 Å². The molecule has 3 rings (SSSR count). The van der Waals surface area contributed by atoms with Gasteiger partial charge in [-0.1, -0.05) is 12.1 Å². The first-order valence-corrected chi connectivity index (χ1v) is 6.76.